The average molecular weight is 383 g/mol. The molecular weight excluding hydrogens is 352 g/mol. The molecule has 1 aromatic carbocycles. The van der Waals surface area contributed by atoms with Crippen LogP contribution in [0.2, 0.25) is 0 Å². The molecule has 4 rings (SSSR count). The number of carbonyl (C=O) groups excluding carboxylic acids is 1. The smallest absolute Gasteiger partial charge is 0.162 e. The molecule has 0 unspecified atom stereocenters. The summed E-state index contributed by atoms with van der Waals surface area (Å²) in [4.78, 5) is 14.9. The molecular formula is C22H30N4O2. The predicted octanol–water partition coefficient (Wildman–Crippen LogP) is 3.38. The highest BCUT2D eigenvalue weighted by Gasteiger charge is 2.36. The second-order valence-corrected chi connectivity index (χ2v) is 9.03. The van der Waals surface area contributed by atoms with Gasteiger partial charge in [-0.1, -0.05) is 50.3 Å². The van der Waals surface area contributed by atoms with E-state index in [0.717, 1.165) is 43.7 Å². The van der Waals surface area contributed by atoms with Gasteiger partial charge in [-0.25, -0.2) is 4.68 Å². The molecule has 0 aliphatic carbocycles. The predicted molar refractivity (Wildman–Crippen MR) is 107 cm³/mol. The molecule has 1 saturated heterocycles. The molecule has 2 atom stereocenters. The summed E-state index contributed by atoms with van der Waals surface area (Å²) in [5.74, 6) is 0.233. The second-order valence-electron chi connectivity index (χ2n) is 9.03. The molecule has 0 spiro atoms. The van der Waals surface area contributed by atoms with Gasteiger partial charge >= 0.3 is 0 Å². The van der Waals surface area contributed by atoms with E-state index in [-0.39, 0.29) is 17.3 Å². The van der Waals surface area contributed by atoms with Crippen molar-refractivity contribution in [3.8, 4) is 0 Å². The number of rotatable bonds is 5. The van der Waals surface area contributed by atoms with Gasteiger partial charge in [0.25, 0.3) is 0 Å². The van der Waals surface area contributed by atoms with Gasteiger partial charge in [-0.3, -0.25) is 4.79 Å². The van der Waals surface area contributed by atoms with Crippen LogP contribution in [0.5, 0.6) is 0 Å². The van der Waals surface area contributed by atoms with Crippen molar-refractivity contribution in [2.45, 2.75) is 64.2 Å². The van der Waals surface area contributed by atoms with Crippen molar-refractivity contribution in [1.29, 1.82) is 0 Å². The van der Waals surface area contributed by atoms with Gasteiger partial charge in [0.1, 0.15) is 0 Å². The molecule has 0 N–H and O–H groups in total. The van der Waals surface area contributed by atoms with Crippen LogP contribution in [-0.2, 0) is 16.8 Å². The standard InChI is InChI=1S/C22H30N4O2/c1-22(2,3)17-8-6-16(7-9-17)20(27)5-4-11-25-12-10-19-21(14-25)28-15-18-13-23-24-26(18)19/h6-9,13,19,21H,4-5,10-12,14-15H2,1-3H3/t19-,21-/m0/s1. The van der Waals surface area contributed by atoms with Crippen LogP contribution in [0.25, 0.3) is 0 Å². The molecule has 1 aromatic heterocycles. The molecule has 2 aliphatic rings. The van der Waals surface area contributed by atoms with Crippen molar-refractivity contribution < 1.29 is 9.53 Å². The molecule has 2 aliphatic heterocycles. The molecule has 0 saturated carbocycles. The van der Waals surface area contributed by atoms with Crippen molar-refractivity contribution in [3.05, 3.63) is 47.3 Å². The summed E-state index contributed by atoms with van der Waals surface area (Å²) in [6, 6.07) is 8.40. The zero-order valence-electron chi connectivity index (χ0n) is 17.1. The molecule has 6 heteroatoms. The van der Waals surface area contributed by atoms with Crippen LogP contribution < -0.4 is 0 Å². The molecule has 0 radical (unpaired) electrons. The van der Waals surface area contributed by atoms with Gasteiger partial charge in [0.15, 0.2) is 5.78 Å². The number of hydrogen-bond donors (Lipinski definition) is 0. The zero-order chi connectivity index (χ0) is 19.7. The van der Waals surface area contributed by atoms with E-state index in [2.05, 4.69) is 48.1 Å². The van der Waals surface area contributed by atoms with E-state index in [1.54, 1.807) is 6.20 Å². The van der Waals surface area contributed by atoms with Gasteiger partial charge in [0, 0.05) is 25.1 Å². The van der Waals surface area contributed by atoms with Crippen LogP contribution in [0.1, 0.15) is 67.7 Å². The van der Waals surface area contributed by atoms with E-state index >= 15 is 0 Å². The van der Waals surface area contributed by atoms with Gasteiger partial charge in [0.05, 0.1) is 30.6 Å². The largest absolute Gasteiger partial charge is 0.368 e. The lowest BCUT2D eigenvalue weighted by atomic mass is 9.86. The maximum Gasteiger partial charge on any atom is 0.162 e. The average Bonchev–Trinajstić information content (AvgIpc) is 3.16. The van der Waals surface area contributed by atoms with E-state index in [0.29, 0.717) is 19.1 Å². The van der Waals surface area contributed by atoms with Gasteiger partial charge in [-0.05, 0) is 30.4 Å². The molecule has 2 aromatic rings. The number of fused-ring (bicyclic) bond motifs is 3. The summed E-state index contributed by atoms with van der Waals surface area (Å²) >= 11 is 0. The number of nitrogens with zero attached hydrogens (tertiary/aromatic N) is 4. The third kappa shape index (κ3) is 4.03. The summed E-state index contributed by atoms with van der Waals surface area (Å²) in [5.41, 5.74) is 3.26. The van der Waals surface area contributed by atoms with Crippen molar-refractivity contribution in [2.75, 3.05) is 19.6 Å². The van der Waals surface area contributed by atoms with Crippen LogP contribution in [0.3, 0.4) is 0 Å². The van der Waals surface area contributed by atoms with Crippen LogP contribution in [0.15, 0.2) is 30.5 Å². The topological polar surface area (TPSA) is 60.3 Å². The lowest BCUT2D eigenvalue weighted by Gasteiger charge is -2.41. The summed E-state index contributed by atoms with van der Waals surface area (Å²) in [6.45, 7) is 10.00. The number of Topliss-reactive ketones (excluding diaryl/α,β-unsaturated/α-hetero) is 1. The normalized spacial score (nSPS) is 22.5. The minimum atomic E-state index is 0.113. The molecule has 0 bridgehead atoms. The third-order valence-corrected chi connectivity index (χ3v) is 5.97. The van der Waals surface area contributed by atoms with Crippen LogP contribution in [0, 0.1) is 0 Å². The maximum absolute atomic E-state index is 12.5. The fourth-order valence-corrected chi connectivity index (χ4v) is 4.22. The van der Waals surface area contributed by atoms with Gasteiger partial charge in [0.2, 0.25) is 0 Å². The first kappa shape index (κ1) is 19.3. The van der Waals surface area contributed by atoms with Crippen molar-refractivity contribution in [1.82, 2.24) is 19.9 Å². The SMILES string of the molecule is CC(C)(C)c1ccc(C(=O)CCCN2CC[C@H]3[C@H](C2)OCc2cnnn23)cc1. The van der Waals surface area contributed by atoms with Crippen LogP contribution in [0.4, 0.5) is 0 Å². The first-order valence-corrected chi connectivity index (χ1v) is 10.3. The van der Waals surface area contributed by atoms with E-state index in [9.17, 15) is 4.79 Å². The summed E-state index contributed by atoms with van der Waals surface area (Å²) in [6.07, 6.45) is 4.45. The molecule has 28 heavy (non-hydrogen) atoms. The number of hydrogen-bond acceptors (Lipinski definition) is 5. The Balaban J connectivity index is 1.25. The summed E-state index contributed by atoms with van der Waals surface area (Å²) < 4.78 is 8.06. The summed E-state index contributed by atoms with van der Waals surface area (Å²) in [7, 11) is 0. The lowest BCUT2D eigenvalue weighted by molar-refractivity contribution is -0.0688. The molecule has 1 fully saturated rings. The fraction of sp³-hybridized carbons (Fsp3) is 0.591. The minimum absolute atomic E-state index is 0.113. The van der Waals surface area contributed by atoms with Gasteiger partial charge in [-0.2, -0.15) is 0 Å². The third-order valence-electron chi connectivity index (χ3n) is 5.97. The zero-order valence-corrected chi connectivity index (χ0v) is 17.1. The van der Waals surface area contributed by atoms with Crippen LogP contribution in [-0.4, -0.2) is 51.4 Å². The fourth-order valence-electron chi connectivity index (χ4n) is 4.22. The second kappa shape index (κ2) is 7.76. The highest BCUT2D eigenvalue weighted by molar-refractivity contribution is 5.96. The van der Waals surface area contributed by atoms with Crippen molar-refractivity contribution in [3.63, 3.8) is 0 Å². The van der Waals surface area contributed by atoms with E-state index in [1.807, 2.05) is 16.8 Å². The van der Waals surface area contributed by atoms with Gasteiger partial charge < -0.3 is 9.64 Å². The Bertz CT molecular complexity index is 822. The van der Waals surface area contributed by atoms with Crippen molar-refractivity contribution >= 4 is 5.78 Å². The first-order chi connectivity index (χ1) is 13.4. The molecule has 6 nitrogen and oxygen atoms in total. The number of ketones is 1. The molecule has 150 valence electrons. The Morgan fingerprint density at radius 3 is 2.79 bits per heavy atom. The quantitative estimate of drug-likeness (QED) is 0.742. The Labute approximate surface area is 166 Å². The molecule has 3 heterocycles. The molecule has 0 amide bonds. The van der Waals surface area contributed by atoms with E-state index in [1.165, 1.54) is 5.56 Å². The number of benzene rings is 1. The number of likely N-dealkylation sites (tertiary alicyclic amines) is 1. The lowest BCUT2D eigenvalue weighted by Crippen LogP contribution is -2.48. The first-order valence-electron chi connectivity index (χ1n) is 10.3. The maximum atomic E-state index is 12.5. The Hall–Kier alpha value is -2.05. The number of piperidine rings is 1. The van der Waals surface area contributed by atoms with E-state index in [4.69, 9.17) is 4.74 Å². The monoisotopic (exact) mass is 382 g/mol. The van der Waals surface area contributed by atoms with E-state index < -0.39 is 0 Å². The summed E-state index contributed by atoms with van der Waals surface area (Å²) in [5, 5.41) is 8.24. The Morgan fingerprint density at radius 1 is 1.25 bits per heavy atom. The number of aromatic nitrogens is 3. The highest BCUT2D eigenvalue weighted by Crippen LogP contribution is 2.30. The van der Waals surface area contributed by atoms with Crippen LogP contribution >= 0.6 is 0 Å². The highest BCUT2D eigenvalue weighted by atomic mass is 16.5. The minimum Gasteiger partial charge on any atom is -0.368 e. The number of ether oxygens (including phenoxy) is 1. The number of carbonyl (C=O) groups is 1. The van der Waals surface area contributed by atoms with Gasteiger partial charge in [-0.15, -0.1) is 5.10 Å². The Morgan fingerprint density at radius 2 is 2.04 bits per heavy atom. The van der Waals surface area contributed by atoms with Crippen molar-refractivity contribution in [2.24, 2.45) is 0 Å². The Kier molecular flexibility index (Phi) is 5.34.